The number of nitrogens with two attached hydrogens (primary N) is 1. The minimum Gasteiger partial charge on any atom is -0.389 e. The summed E-state index contributed by atoms with van der Waals surface area (Å²) >= 11 is 7.26. The molecule has 0 saturated carbocycles. The maximum Gasteiger partial charge on any atom is 0.140 e. The fraction of sp³-hybridized carbons (Fsp3) is 0. The molecular formula is C12H10IN3S. The number of benzene rings is 1. The highest BCUT2D eigenvalue weighted by molar-refractivity contribution is 14.1. The Balaban J connectivity index is 2.37. The summed E-state index contributed by atoms with van der Waals surface area (Å²) in [4.78, 5) is 4.59. The predicted molar refractivity (Wildman–Crippen MR) is 82.6 cm³/mol. The van der Waals surface area contributed by atoms with E-state index in [0.29, 0.717) is 10.8 Å². The van der Waals surface area contributed by atoms with Crippen molar-refractivity contribution in [2.75, 3.05) is 5.32 Å². The fourth-order valence-electron chi connectivity index (χ4n) is 1.39. The number of nitrogens with one attached hydrogen (secondary N) is 1. The van der Waals surface area contributed by atoms with Gasteiger partial charge in [-0.1, -0.05) is 24.4 Å². The lowest BCUT2D eigenvalue weighted by molar-refractivity contribution is 1.29. The lowest BCUT2D eigenvalue weighted by atomic mass is 10.2. The molecule has 3 N–H and O–H groups in total. The number of rotatable bonds is 3. The average Bonchev–Trinajstić information content (AvgIpc) is 2.32. The van der Waals surface area contributed by atoms with Crippen molar-refractivity contribution in [1.82, 2.24) is 4.98 Å². The van der Waals surface area contributed by atoms with Gasteiger partial charge in [-0.15, -0.1) is 0 Å². The third-order valence-electron chi connectivity index (χ3n) is 2.20. The van der Waals surface area contributed by atoms with Gasteiger partial charge in [0.05, 0.1) is 11.3 Å². The molecule has 3 nitrogen and oxygen atoms in total. The third-order valence-corrected chi connectivity index (χ3v) is 3.36. The molecule has 0 radical (unpaired) electrons. The number of pyridine rings is 1. The molecule has 2 aromatic rings. The van der Waals surface area contributed by atoms with E-state index in [-0.39, 0.29) is 0 Å². The topological polar surface area (TPSA) is 50.9 Å². The van der Waals surface area contributed by atoms with Gasteiger partial charge in [-0.2, -0.15) is 0 Å². The standard InChI is InChI=1S/C12H10IN3S/c13-9-5-1-2-6-10(9)16-12-8(11(14)17)4-3-7-15-12/h1-7H,(H2,14,17)(H,15,16). The first kappa shape index (κ1) is 12.3. The Kier molecular flexibility index (Phi) is 3.90. The molecule has 0 amide bonds. The number of hydrogen-bond donors (Lipinski definition) is 2. The van der Waals surface area contributed by atoms with E-state index in [0.717, 1.165) is 14.8 Å². The third kappa shape index (κ3) is 2.92. The van der Waals surface area contributed by atoms with Crippen LogP contribution in [0, 0.1) is 3.57 Å². The van der Waals surface area contributed by atoms with Gasteiger partial charge in [-0.25, -0.2) is 4.98 Å². The zero-order chi connectivity index (χ0) is 12.3. The van der Waals surface area contributed by atoms with Crippen LogP contribution in [0.2, 0.25) is 0 Å². The molecule has 17 heavy (non-hydrogen) atoms. The van der Waals surface area contributed by atoms with Gasteiger partial charge < -0.3 is 11.1 Å². The molecule has 0 spiro atoms. The Bertz CT molecular complexity index is 557. The Hall–Kier alpha value is -1.21. The number of para-hydroxylation sites is 1. The Morgan fingerprint density at radius 2 is 2.00 bits per heavy atom. The van der Waals surface area contributed by atoms with Gasteiger partial charge in [0.2, 0.25) is 0 Å². The Labute approximate surface area is 119 Å². The molecule has 0 unspecified atom stereocenters. The number of aromatic nitrogens is 1. The Morgan fingerprint density at radius 1 is 1.24 bits per heavy atom. The zero-order valence-electron chi connectivity index (χ0n) is 8.85. The summed E-state index contributed by atoms with van der Waals surface area (Å²) in [5.74, 6) is 0.684. The second-order valence-corrected chi connectivity index (χ2v) is 4.97. The molecule has 1 aromatic carbocycles. The second kappa shape index (κ2) is 5.42. The van der Waals surface area contributed by atoms with Gasteiger partial charge >= 0.3 is 0 Å². The van der Waals surface area contributed by atoms with Gasteiger partial charge in [0.15, 0.2) is 0 Å². The predicted octanol–water partition coefficient (Wildman–Crippen LogP) is 3.06. The molecule has 2 rings (SSSR count). The summed E-state index contributed by atoms with van der Waals surface area (Å²) in [6, 6.07) is 11.6. The van der Waals surface area contributed by atoms with Crippen molar-refractivity contribution in [3.63, 3.8) is 0 Å². The summed E-state index contributed by atoms with van der Waals surface area (Å²) < 4.78 is 1.12. The van der Waals surface area contributed by atoms with Crippen LogP contribution < -0.4 is 11.1 Å². The maximum atomic E-state index is 5.66. The van der Waals surface area contributed by atoms with Gasteiger partial charge in [-0.3, -0.25) is 0 Å². The van der Waals surface area contributed by atoms with Crippen molar-refractivity contribution in [2.45, 2.75) is 0 Å². The lowest BCUT2D eigenvalue weighted by Gasteiger charge is -2.10. The van der Waals surface area contributed by atoms with Gasteiger partial charge in [0.1, 0.15) is 10.8 Å². The number of anilines is 2. The highest BCUT2D eigenvalue weighted by Crippen LogP contribution is 2.22. The molecule has 0 atom stereocenters. The smallest absolute Gasteiger partial charge is 0.140 e. The van der Waals surface area contributed by atoms with Gasteiger partial charge in [0.25, 0.3) is 0 Å². The van der Waals surface area contributed by atoms with Crippen LogP contribution in [-0.4, -0.2) is 9.97 Å². The van der Waals surface area contributed by atoms with E-state index in [2.05, 4.69) is 32.9 Å². The van der Waals surface area contributed by atoms with Crippen molar-refractivity contribution in [2.24, 2.45) is 5.73 Å². The van der Waals surface area contributed by atoms with Crippen LogP contribution in [0.25, 0.3) is 0 Å². The highest BCUT2D eigenvalue weighted by atomic mass is 127. The summed E-state index contributed by atoms with van der Waals surface area (Å²) in [6.45, 7) is 0. The summed E-state index contributed by atoms with van der Waals surface area (Å²) in [7, 11) is 0. The summed E-state index contributed by atoms with van der Waals surface area (Å²) in [5, 5.41) is 3.24. The molecule has 0 aliphatic heterocycles. The SMILES string of the molecule is NC(=S)c1cccnc1Nc1ccccc1I. The van der Waals surface area contributed by atoms with E-state index in [4.69, 9.17) is 18.0 Å². The van der Waals surface area contributed by atoms with E-state index < -0.39 is 0 Å². The molecule has 1 aromatic heterocycles. The minimum atomic E-state index is 0.339. The molecular weight excluding hydrogens is 345 g/mol. The van der Waals surface area contributed by atoms with E-state index in [9.17, 15) is 0 Å². The van der Waals surface area contributed by atoms with Crippen molar-refractivity contribution in [3.05, 3.63) is 51.7 Å². The molecule has 1 heterocycles. The van der Waals surface area contributed by atoms with E-state index in [1.165, 1.54) is 0 Å². The monoisotopic (exact) mass is 355 g/mol. The van der Waals surface area contributed by atoms with Crippen molar-refractivity contribution in [3.8, 4) is 0 Å². The van der Waals surface area contributed by atoms with E-state index in [1.54, 1.807) is 6.20 Å². The Morgan fingerprint density at radius 3 is 2.71 bits per heavy atom. The minimum absolute atomic E-state index is 0.339. The summed E-state index contributed by atoms with van der Waals surface area (Å²) in [5.41, 5.74) is 7.40. The lowest BCUT2D eigenvalue weighted by Crippen LogP contribution is -2.12. The van der Waals surface area contributed by atoms with Crippen LogP contribution in [0.4, 0.5) is 11.5 Å². The van der Waals surface area contributed by atoms with Gasteiger partial charge in [0, 0.05) is 9.77 Å². The van der Waals surface area contributed by atoms with Crippen LogP contribution in [-0.2, 0) is 0 Å². The van der Waals surface area contributed by atoms with Crippen LogP contribution in [0.1, 0.15) is 5.56 Å². The largest absolute Gasteiger partial charge is 0.389 e. The first-order valence-corrected chi connectivity index (χ1v) is 6.43. The van der Waals surface area contributed by atoms with Crippen molar-refractivity contribution >= 4 is 51.3 Å². The number of nitrogens with zero attached hydrogens (tertiary/aromatic N) is 1. The van der Waals surface area contributed by atoms with E-state index >= 15 is 0 Å². The van der Waals surface area contributed by atoms with Crippen molar-refractivity contribution in [1.29, 1.82) is 0 Å². The number of halogens is 1. The first-order chi connectivity index (χ1) is 8.18. The quantitative estimate of drug-likeness (QED) is 0.656. The van der Waals surface area contributed by atoms with Crippen LogP contribution in [0.5, 0.6) is 0 Å². The number of thiocarbonyl (C=S) groups is 1. The highest BCUT2D eigenvalue weighted by Gasteiger charge is 2.07. The molecule has 86 valence electrons. The van der Waals surface area contributed by atoms with Crippen LogP contribution >= 0.6 is 34.8 Å². The molecule has 0 aliphatic rings. The summed E-state index contributed by atoms with van der Waals surface area (Å²) in [6.07, 6.45) is 1.71. The van der Waals surface area contributed by atoms with Gasteiger partial charge in [-0.05, 0) is 46.9 Å². The second-order valence-electron chi connectivity index (χ2n) is 3.37. The van der Waals surface area contributed by atoms with E-state index in [1.807, 2.05) is 36.4 Å². The van der Waals surface area contributed by atoms with Crippen LogP contribution in [0.3, 0.4) is 0 Å². The molecule has 5 heteroatoms. The first-order valence-electron chi connectivity index (χ1n) is 4.95. The fourth-order valence-corrected chi connectivity index (χ4v) is 2.08. The van der Waals surface area contributed by atoms with Crippen LogP contribution in [0.15, 0.2) is 42.6 Å². The molecule has 0 bridgehead atoms. The normalized spacial score (nSPS) is 9.94. The number of hydrogen-bond acceptors (Lipinski definition) is 3. The van der Waals surface area contributed by atoms with Crippen molar-refractivity contribution < 1.29 is 0 Å². The zero-order valence-corrected chi connectivity index (χ0v) is 11.8. The maximum absolute atomic E-state index is 5.66. The molecule has 0 fully saturated rings. The molecule has 0 aliphatic carbocycles. The average molecular weight is 355 g/mol. The molecule has 0 saturated heterocycles.